The normalized spacial score (nSPS) is 20.8. The largest absolute Gasteiger partial charge is 0.370 e. The zero-order chi connectivity index (χ0) is 13.5. The van der Waals surface area contributed by atoms with E-state index in [1.165, 1.54) is 12.8 Å². The third-order valence-electron chi connectivity index (χ3n) is 3.64. The molecule has 1 aliphatic heterocycles. The van der Waals surface area contributed by atoms with Crippen molar-refractivity contribution in [3.63, 3.8) is 0 Å². The Kier molecular flexibility index (Phi) is 5.39. The van der Waals surface area contributed by atoms with Gasteiger partial charge in [0.1, 0.15) is 18.0 Å². The number of hydrogen-bond donors (Lipinski definition) is 3. The van der Waals surface area contributed by atoms with Crippen molar-refractivity contribution < 1.29 is 0 Å². The van der Waals surface area contributed by atoms with Crippen LogP contribution in [0.25, 0.3) is 0 Å². The van der Waals surface area contributed by atoms with Crippen molar-refractivity contribution in [3.8, 4) is 0 Å². The number of nitrogens with zero attached hydrogens (tertiary/aromatic N) is 2. The molecule has 0 radical (unpaired) electrons. The van der Waals surface area contributed by atoms with Crippen molar-refractivity contribution in [2.24, 2.45) is 5.92 Å². The molecule has 0 bridgehead atoms. The molecule has 1 aliphatic rings. The molecule has 3 N–H and O–H groups in total. The minimum atomic E-state index is 0.435. The second kappa shape index (κ2) is 7.28. The van der Waals surface area contributed by atoms with Crippen LogP contribution in [0.1, 0.15) is 33.1 Å². The van der Waals surface area contributed by atoms with Gasteiger partial charge in [0, 0.05) is 18.7 Å². The highest BCUT2D eigenvalue weighted by Crippen LogP contribution is 2.14. The van der Waals surface area contributed by atoms with Gasteiger partial charge in [-0.3, -0.25) is 0 Å². The third kappa shape index (κ3) is 4.67. The van der Waals surface area contributed by atoms with Gasteiger partial charge in [-0.1, -0.05) is 6.92 Å². The summed E-state index contributed by atoms with van der Waals surface area (Å²) in [4.78, 5) is 8.52. The molecule has 1 aromatic heterocycles. The van der Waals surface area contributed by atoms with Gasteiger partial charge in [0.15, 0.2) is 0 Å². The van der Waals surface area contributed by atoms with E-state index in [4.69, 9.17) is 0 Å². The predicted octanol–water partition coefficient (Wildman–Crippen LogP) is 2.10. The van der Waals surface area contributed by atoms with Gasteiger partial charge in [-0.2, -0.15) is 0 Å². The van der Waals surface area contributed by atoms with Crippen LogP contribution in [0.4, 0.5) is 11.6 Å². The Balaban J connectivity index is 1.84. The minimum Gasteiger partial charge on any atom is -0.370 e. The van der Waals surface area contributed by atoms with Crippen LogP contribution >= 0.6 is 0 Å². The van der Waals surface area contributed by atoms with Gasteiger partial charge in [-0.25, -0.2) is 9.97 Å². The fourth-order valence-electron chi connectivity index (χ4n) is 2.23. The summed E-state index contributed by atoms with van der Waals surface area (Å²) in [6, 6.07) is 2.42. The first kappa shape index (κ1) is 14.1. The monoisotopic (exact) mass is 263 g/mol. The lowest BCUT2D eigenvalue weighted by molar-refractivity contribution is 0.392. The first-order valence-electron chi connectivity index (χ1n) is 7.31. The van der Waals surface area contributed by atoms with E-state index in [1.54, 1.807) is 6.33 Å². The molecule has 19 heavy (non-hydrogen) atoms. The molecule has 0 amide bonds. The molecule has 5 nitrogen and oxygen atoms in total. The smallest absolute Gasteiger partial charge is 0.131 e. The highest BCUT2D eigenvalue weighted by Gasteiger charge is 2.12. The molecule has 0 saturated carbocycles. The third-order valence-corrected chi connectivity index (χ3v) is 3.64. The van der Waals surface area contributed by atoms with Crippen molar-refractivity contribution in [2.75, 3.05) is 30.3 Å². The molecule has 1 aromatic rings. The van der Waals surface area contributed by atoms with Gasteiger partial charge in [0.25, 0.3) is 0 Å². The van der Waals surface area contributed by atoms with E-state index in [1.807, 2.05) is 6.07 Å². The first-order valence-corrected chi connectivity index (χ1v) is 7.31. The van der Waals surface area contributed by atoms with E-state index in [-0.39, 0.29) is 0 Å². The lowest BCUT2D eigenvalue weighted by Crippen LogP contribution is -2.33. The Hall–Kier alpha value is -1.36. The van der Waals surface area contributed by atoms with Gasteiger partial charge in [-0.15, -0.1) is 0 Å². The second-order valence-corrected chi connectivity index (χ2v) is 5.34. The summed E-state index contributed by atoms with van der Waals surface area (Å²) in [7, 11) is 0. The summed E-state index contributed by atoms with van der Waals surface area (Å²) in [6.45, 7) is 7.56. The summed E-state index contributed by atoms with van der Waals surface area (Å²) in [6.07, 6.45) is 5.27. The van der Waals surface area contributed by atoms with E-state index in [9.17, 15) is 0 Å². The summed E-state index contributed by atoms with van der Waals surface area (Å²) < 4.78 is 0. The van der Waals surface area contributed by atoms with Crippen molar-refractivity contribution >= 4 is 11.6 Å². The molecule has 0 spiro atoms. The molecule has 1 saturated heterocycles. The van der Waals surface area contributed by atoms with E-state index in [2.05, 4.69) is 39.8 Å². The first-order chi connectivity index (χ1) is 9.28. The standard InChI is InChI=1S/C14H25N5/c1-3-11(2)19-14-7-13(17-10-18-14)16-9-12-5-4-6-15-8-12/h7,10-12,15H,3-6,8-9H2,1-2H3,(H2,16,17,18,19). The van der Waals surface area contributed by atoms with E-state index in [0.29, 0.717) is 12.0 Å². The molecule has 1 fully saturated rings. The van der Waals surface area contributed by atoms with Crippen LogP contribution in [0.2, 0.25) is 0 Å². The minimum absolute atomic E-state index is 0.435. The Labute approximate surface area is 115 Å². The summed E-state index contributed by atoms with van der Waals surface area (Å²) >= 11 is 0. The fraction of sp³-hybridized carbons (Fsp3) is 0.714. The average Bonchev–Trinajstić information content (AvgIpc) is 2.46. The molecular weight excluding hydrogens is 238 g/mol. The average molecular weight is 263 g/mol. The zero-order valence-electron chi connectivity index (χ0n) is 11.9. The molecule has 2 unspecified atom stereocenters. The van der Waals surface area contributed by atoms with Crippen molar-refractivity contribution in [2.45, 2.75) is 39.2 Å². The number of nitrogens with one attached hydrogen (secondary N) is 3. The number of rotatable bonds is 6. The zero-order valence-corrected chi connectivity index (χ0v) is 11.9. The van der Waals surface area contributed by atoms with Gasteiger partial charge < -0.3 is 16.0 Å². The number of aromatic nitrogens is 2. The molecule has 2 rings (SSSR count). The van der Waals surface area contributed by atoms with Gasteiger partial charge in [-0.05, 0) is 45.2 Å². The fourth-order valence-corrected chi connectivity index (χ4v) is 2.23. The summed E-state index contributed by atoms with van der Waals surface area (Å²) in [5.74, 6) is 2.51. The summed E-state index contributed by atoms with van der Waals surface area (Å²) in [5.41, 5.74) is 0. The Morgan fingerprint density at radius 2 is 2.26 bits per heavy atom. The van der Waals surface area contributed by atoms with E-state index < -0.39 is 0 Å². The quantitative estimate of drug-likeness (QED) is 0.733. The predicted molar refractivity (Wildman–Crippen MR) is 79.5 cm³/mol. The lowest BCUT2D eigenvalue weighted by atomic mass is 10.00. The number of anilines is 2. The van der Waals surface area contributed by atoms with Crippen LogP contribution in [0.3, 0.4) is 0 Å². The van der Waals surface area contributed by atoms with Crippen molar-refractivity contribution in [3.05, 3.63) is 12.4 Å². The van der Waals surface area contributed by atoms with Crippen LogP contribution in [0.5, 0.6) is 0 Å². The molecule has 0 aliphatic carbocycles. The Morgan fingerprint density at radius 1 is 1.42 bits per heavy atom. The van der Waals surface area contributed by atoms with Gasteiger partial charge >= 0.3 is 0 Å². The van der Waals surface area contributed by atoms with Crippen molar-refractivity contribution in [1.82, 2.24) is 15.3 Å². The Bertz CT molecular complexity index is 376. The molecule has 2 heterocycles. The highest BCUT2D eigenvalue weighted by molar-refractivity contribution is 5.46. The molecule has 2 atom stereocenters. The molecular formula is C14H25N5. The van der Waals surface area contributed by atoms with Crippen LogP contribution < -0.4 is 16.0 Å². The molecule has 0 aromatic carbocycles. The van der Waals surface area contributed by atoms with E-state index in [0.717, 1.165) is 37.7 Å². The maximum atomic E-state index is 4.27. The Morgan fingerprint density at radius 3 is 3.00 bits per heavy atom. The van der Waals surface area contributed by atoms with Gasteiger partial charge in [0.05, 0.1) is 0 Å². The van der Waals surface area contributed by atoms with Crippen molar-refractivity contribution in [1.29, 1.82) is 0 Å². The number of piperidine rings is 1. The number of hydrogen-bond acceptors (Lipinski definition) is 5. The lowest BCUT2D eigenvalue weighted by Gasteiger charge is -2.23. The van der Waals surface area contributed by atoms with E-state index >= 15 is 0 Å². The van der Waals surface area contributed by atoms with Crippen LogP contribution in [0.15, 0.2) is 12.4 Å². The van der Waals surface area contributed by atoms with Crippen LogP contribution in [-0.2, 0) is 0 Å². The van der Waals surface area contributed by atoms with Crippen LogP contribution in [-0.4, -0.2) is 35.6 Å². The topological polar surface area (TPSA) is 61.9 Å². The highest BCUT2D eigenvalue weighted by atomic mass is 15.1. The second-order valence-electron chi connectivity index (χ2n) is 5.34. The van der Waals surface area contributed by atoms with Crippen LogP contribution in [0, 0.1) is 5.92 Å². The summed E-state index contributed by atoms with van der Waals surface area (Å²) in [5, 5.41) is 10.2. The molecule has 106 valence electrons. The maximum Gasteiger partial charge on any atom is 0.131 e. The SMILES string of the molecule is CCC(C)Nc1cc(NCC2CCCNC2)ncn1. The maximum absolute atomic E-state index is 4.27. The molecule has 5 heteroatoms. The van der Waals surface area contributed by atoms with Gasteiger partial charge in [0.2, 0.25) is 0 Å².